The van der Waals surface area contributed by atoms with Crippen LogP contribution in [-0.2, 0) is 19.4 Å². The highest BCUT2D eigenvalue weighted by Crippen LogP contribution is 2.28. The van der Waals surface area contributed by atoms with Crippen LogP contribution in [0.4, 0.5) is 16.2 Å². The summed E-state index contributed by atoms with van der Waals surface area (Å²) in [5.74, 6) is -0.171. The Bertz CT molecular complexity index is 866. The van der Waals surface area contributed by atoms with Crippen LogP contribution in [-0.4, -0.2) is 69.7 Å². The predicted octanol–water partition coefficient (Wildman–Crippen LogP) is 1.12. The van der Waals surface area contributed by atoms with Crippen molar-refractivity contribution in [2.24, 2.45) is 0 Å². The van der Waals surface area contributed by atoms with Crippen LogP contribution in [0, 0.1) is 0 Å². The van der Waals surface area contributed by atoms with Gasteiger partial charge in [-0.15, -0.1) is 0 Å². The molecule has 1 aromatic carbocycles. The van der Waals surface area contributed by atoms with Gasteiger partial charge in [0.15, 0.2) is 9.84 Å². The van der Waals surface area contributed by atoms with Gasteiger partial charge in [0.25, 0.3) is 0 Å². The van der Waals surface area contributed by atoms with Gasteiger partial charge in [-0.1, -0.05) is 12.1 Å². The van der Waals surface area contributed by atoms with Crippen LogP contribution in [0.25, 0.3) is 0 Å². The molecule has 9 nitrogen and oxygen atoms in total. The lowest BCUT2D eigenvalue weighted by Crippen LogP contribution is -2.46. The molecule has 2 saturated heterocycles. The molecule has 0 aliphatic carbocycles. The van der Waals surface area contributed by atoms with Gasteiger partial charge < -0.3 is 25.6 Å². The largest absolute Gasteiger partial charge is 0.372 e. The molecular weight excluding hydrogens is 408 g/mol. The first-order valence-electron chi connectivity index (χ1n) is 10.3. The molecule has 0 spiro atoms. The Morgan fingerprint density at radius 1 is 1.17 bits per heavy atom. The van der Waals surface area contributed by atoms with Crippen molar-refractivity contribution in [2.75, 3.05) is 41.4 Å². The maximum Gasteiger partial charge on any atom is 0.319 e. The molecule has 3 amide bonds. The Hall–Kier alpha value is -2.33. The number of rotatable bonds is 6. The molecule has 2 aliphatic heterocycles. The van der Waals surface area contributed by atoms with Crippen molar-refractivity contribution in [1.29, 1.82) is 0 Å². The summed E-state index contributed by atoms with van der Waals surface area (Å²) in [5, 5.41) is 8.24. The average molecular weight is 439 g/mol. The van der Waals surface area contributed by atoms with Gasteiger partial charge in [-0.25, -0.2) is 13.2 Å². The number of ether oxygens (including phenoxy) is 1. The van der Waals surface area contributed by atoms with Crippen LogP contribution >= 0.6 is 0 Å². The van der Waals surface area contributed by atoms with Crippen molar-refractivity contribution in [3.8, 4) is 0 Å². The maximum atomic E-state index is 12.3. The first-order valence-corrected chi connectivity index (χ1v) is 12.1. The van der Waals surface area contributed by atoms with E-state index in [1.54, 1.807) is 0 Å². The number of benzene rings is 1. The van der Waals surface area contributed by atoms with E-state index >= 15 is 0 Å². The zero-order valence-electron chi connectivity index (χ0n) is 17.4. The quantitative estimate of drug-likeness (QED) is 0.613. The maximum absolute atomic E-state index is 12.3. The van der Waals surface area contributed by atoms with Crippen molar-refractivity contribution < 1.29 is 22.7 Å². The fourth-order valence-corrected chi connectivity index (χ4v) is 5.57. The number of nitrogens with zero attached hydrogens (tertiary/aromatic N) is 1. The Kier molecular flexibility index (Phi) is 7.19. The Labute approximate surface area is 177 Å². The van der Waals surface area contributed by atoms with Crippen LogP contribution in [0.5, 0.6) is 0 Å². The minimum atomic E-state index is -3.04. The number of morpholine rings is 1. The molecule has 10 heteroatoms. The first kappa shape index (κ1) is 22.4. The van der Waals surface area contributed by atoms with Gasteiger partial charge in [0.2, 0.25) is 5.91 Å². The van der Waals surface area contributed by atoms with Crippen LogP contribution < -0.4 is 20.9 Å². The van der Waals surface area contributed by atoms with E-state index in [0.29, 0.717) is 12.1 Å². The number of urea groups is 1. The molecule has 3 N–H and O–H groups in total. The van der Waals surface area contributed by atoms with Crippen LogP contribution in [0.3, 0.4) is 0 Å². The summed E-state index contributed by atoms with van der Waals surface area (Å²) in [6.45, 7) is 5.68. The van der Waals surface area contributed by atoms with Gasteiger partial charge in [0.1, 0.15) is 0 Å². The van der Waals surface area contributed by atoms with Gasteiger partial charge in [-0.2, -0.15) is 0 Å². The summed E-state index contributed by atoms with van der Waals surface area (Å²) in [6, 6.07) is 6.86. The lowest BCUT2D eigenvalue weighted by Gasteiger charge is -2.37. The summed E-state index contributed by atoms with van der Waals surface area (Å²) in [6.07, 6.45) is 0.731. The topological polar surface area (TPSA) is 117 Å². The fourth-order valence-electron chi connectivity index (χ4n) is 3.89. The van der Waals surface area contributed by atoms with Crippen molar-refractivity contribution in [1.82, 2.24) is 10.6 Å². The standard InChI is InChI=1S/C20H30N4O5S/c1-14-11-24(12-15(2)29-14)18-6-4-3-5-17(18)23-20(26)21-9-7-19(25)22-16-8-10-30(27,28)13-16/h3-6,14-16H,7-13H2,1-2H3,(H,22,25)(H2,21,23,26)/t14-,15+,16-/m1/s1. The monoisotopic (exact) mass is 438 g/mol. The number of sulfone groups is 1. The van der Waals surface area contributed by atoms with Gasteiger partial charge in [0, 0.05) is 32.1 Å². The minimum absolute atomic E-state index is 0.0117. The van der Waals surface area contributed by atoms with Crippen molar-refractivity contribution in [3.05, 3.63) is 24.3 Å². The third kappa shape index (κ3) is 6.33. The third-order valence-corrected chi connectivity index (χ3v) is 6.92. The lowest BCUT2D eigenvalue weighted by atomic mass is 10.1. The fraction of sp³-hybridized carbons (Fsp3) is 0.600. The highest BCUT2D eigenvalue weighted by Gasteiger charge is 2.28. The highest BCUT2D eigenvalue weighted by atomic mass is 32.2. The molecule has 2 heterocycles. The van der Waals surface area contributed by atoms with Crippen LogP contribution in [0.1, 0.15) is 26.7 Å². The highest BCUT2D eigenvalue weighted by molar-refractivity contribution is 7.91. The van der Waals surface area contributed by atoms with E-state index in [1.165, 1.54) is 0 Å². The van der Waals surface area contributed by atoms with E-state index in [-0.39, 0.29) is 48.6 Å². The number of para-hydroxylation sites is 2. The Morgan fingerprint density at radius 3 is 2.53 bits per heavy atom. The zero-order valence-corrected chi connectivity index (χ0v) is 18.2. The second-order valence-corrected chi connectivity index (χ2v) is 10.2. The van der Waals surface area contributed by atoms with E-state index in [1.807, 2.05) is 38.1 Å². The number of hydrogen-bond donors (Lipinski definition) is 3. The number of nitrogens with one attached hydrogen (secondary N) is 3. The van der Waals surface area contributed by atoms with Crippen molar-refractivity contribution in [2.45, 2.75) is 44.9 Å². The van der Waals surface area contributed by atoms with Gasteiger partial charge >= 0.3 is 6.03 Å². The van der Waals surface area contributed by atoms with Gasteiger partial charge in [-0.3, -0.25) is 4.79 Å². The predicted molar refractivity (Wildman–Crippen MR) is 116 cm³/mol. The molecule has 3 atom stereocenters. The number of carbonyl (C=O) groups excluding carboxylic acids is 2. The number of amides is 3. The second-order valence-electron chi connectivity index (χ2n) is 7.98. The zero-order chi connectivity index (χ0) is 21.7. The van der Waals surface area contributed by atoms with Gasteiger partial charge in [0.05, 0.1) is 35.1 Å². The molecule has 0 radical (unpaired) electrons. The SMILES string of the molecule is C[C@@H]1CN(c2ccccc2NC(=O)NCCC(=O)N[C@@H]2CCS(=O)(=O)C2)C[C@H](C)O1. The Balaban J connectivity index is 1.47. The molecule has 0 aromatic heterocycles. The molecule has 30 heavy (non-hydrogen) atoms. The van der Waals surface area contributed by atoms with Crippen LogP contribution in [0.2, 0.25) is 0 Å². The molecule has 2 aliphatic rings. The molecular formula is C20H30N4O5S. The van der Waals surface area contributed by atoms with E-state index in [4.69, 9.17) is 4.74 Å². The summed E-state index contributed by atoms with van der Waals surface area (Å²) in [4.78, 5) is 26.5. The first-order chi connectivity index (χ1) is 14.2. The molecule has 166 valence electrons. The normalized spacial score (nSPS) is 25.5. The number of carbonyl (C=O) groups is 2. The molecule has 0 bridgehead atoms. The van der Waals surface area contributed by atoms with E-state index in [2.05, 4.69) is 20.9 Å². The number of anilines is 2. The summed E-state index contributed by atoms with van der Waals surface area (Å²) in [5.41, 5.74) is 1.62. The molecule has 0 saturated carbocycles. The summed E-state index contributed by atoms with van der Waals surface area (Å²) in [7, 11) is -3.04. The number of hydrogen-bond acceptors (Lipinski definition) is 6. The van der Waals surface area contributed by atoms with Crippen LogP contribution in [0.15, 0.2) is 24.3 Å². The van der Waals surface area contributed by atoms with E-state index in [9.17, 15) is 18.0 Å². The van der Waals surface area contributed by atoms with Crippen molar-refractivity contribution >= 4 is 33.2 Å². The smallest absolute Gasteiger partial charge is 0.319 e. The molecule has 0 unspecified atom stereocenters. The molecule has 3 rings (SSSR count). The average Bonchev–Trinajstić information content (AvgIpc) is 2.99. The second kappa shape index (κ2) is 9.65. The molecule has 1 aromatic rings. The Morgan fingerprint density at radius 2 is 1.87 bits per heavy atom. The van der Waals surface area contributed by atoms with Gasteiger partial charge in [-0.05, 0) is 32.4 Å². The van der Waals surface area contributed by atoms with E-state index < -0.39 is 15.9 Å². The van der Waals surface area contributed by atoms with E-state index in [0.717, 1.165) is 18.8 Å². The minimum Gasteiger partial charge on any atom is -0.372 e. The molecule has 2 fully saturated rings. The van der Waals surface area contributed by atoms with Crippen molar-refractivity contribution in [3.63, 3.8) is 0 Å². The lowest BCUT2D eigenvalue weighted by molar-refractivity contribution is -0.121. The third-order valence-electron chi connectivity index (χ3n) is 5.15. The summed E-state index contributed by atoms with van der Waals surface area (Å²) >= 11 is 0. The summed E-state index contributed by atoms with van der Waals surface area (Å²) < 4.78 is 28.7.